The van der Waals surface area contributed by atoms with Gasteiger partial charge in [-0.15, -0.1) is 0 Å². The number of rotatable bonds is 4. The fourth-order valence-corrected chi connectivity index (χ4v) is 4.41. The van der Waals surface area contributed by atoms with Crippen molar-refractivity contribution in [1.82, 2.24) is 0 Å². The van der Waals surface area contributed by atoms with Gasteiger partial charge in [-0.05, 0) is 60.6 Å². The lowest BCUT2D eigenvalue weighted by atomic mass is 9.92. The zero-order valence-corrected chi connectivity index (χ0v) is 18.4. The van der Waals surface area contributed by atoms with Crippen molar-refractivity contribution >= 4 is 33.7 Å². The second kappa shape index (κ2) is 8.97. The number of anilines is 1. The number of halogens is 1. The van der Waals surface area contributed by atoms with Crippen molar-refractivity contribution in [3.63, 3.8) is 0 Å². The maximum atomic E-state index is 13.2. The number of para-hydroxylation sites is 1. The SMILES string of the molecule is COC(=O)Oc1cc(C)c(CC(N)C(=O)N2CC(C)Cc3ccccc32)c(Br)c1. The largest absolute Gasteiger partial charge is 0.513 e. The third kappa shape index (κ3) is 4.79. The number of hydrogen-bond donors (Lipinski definition) is 1. The molecule has 154 valence electrons. The summed E-state index contributed by atoms with van der Waals surface area (Å²) < 4.78 is 10.3. The second-order valence-corrected chi connectivity index (χ2v) is 8.31. The van der Waals surface area contributed by atoms with Crippen molar-refractivity contribution in [2.45, 2.75) is 32.7 Å². The minimum atomic E-state index is -0.784. The summed E-state index contributed by atoms with van der Waals surface area (Å²) in [6.07, 6.45) is 0.548. The van der Waals surface area contributed by atoms with E-state index in [1.165, 1.54) is 12.7 Å². The van der Waals surface area contributed by atoms with E-state index >= 15 is 0 Å². The van der Waals surface area contributed by atoms with Crippen LogP contribution in [0.5, 0.6) is 5.75 Å². The molecule has 0 aromatic heterocycles. The minimum absolute atomic E-state index is 0.0924. The number of ether oxygens (including phenoxy) is 2. The van der Waals surface area contributed by atoms with Gasteiger partial charge in [0.25, 0.3) is 0 Å². The highest BCUT2D eigenvalue weighted by atomic mass is 79.9. The number of fused-ring (bicyclic) bond motifs is 1. The average Bonchev–Trinajstić information content (AvgIpc) is 2.69. The molecule has 0 spiro atoms. The maximum absolute atomic E-state index is 13.2. The van der Waals surface area contributed by atoms with Gasteiger partial charge in [0, 0.05) is 16.7 Å². The van der Waals surface area contributed by atoms with Crippen LogP contribution in [0.3, 0.4) is 0 Å². The quantitative estimate of drug-likeness (QED) is 0.550. The molecule has 2 unspecified atom stereocenters. The molecule has 0 bridgehead atoms. The third-order valence-electron chi connectivity index (χ3n) is 5.11. The maximum Gasteiger partial charge on any atom is 0.513 e. The molecule has 6 nitrogen and oxygen atoms in total. The Labute approximate surface area is 179 Å². The number of benzene rings is 2. The van der Waals surface area contributed by atoms with E-state index in [0.29, 0.717) is 24.6 Å². The average molecular weight is 461 g/mol. The van der Waals surface area contributed by atoms with Crippen LogP contribution in [0.15, 0.2) is 40.9 Å². The number of nitrogens with zero attached hydrogens (tertiary/aromatic N) is 1. The zero-order valence-electron chi connectivity index (χ0n) is 16.8. The van der Waals surface area contributed by atoms with E-state index in [9.17, 15) is 9.59 Å². The van der Waals surface area contributed by atoms with Crippen LogP contribution in [-0.4, -0.2) is 31.8 Å². The number of hydrogen-bond acceptors (Lipinski definition) is 5. The molecule has 29 heavy (non-hydrogen) atoms. The van der Waals surface area contributed by atoms with E-state index in [0.717, 1.165) is 27.7 Å². The molecule has 1 heterocycles. The first kappa shape index (κ1) is 21.3. The van der Waals surface area contributed by atoms with E-state index in [2.05, 4.69) is 33.7 Å². The van der Waals surface area contributed by atoms with Gasteiger partial charge >= 0.3 is 6.16 Å². The molecule has 2 aromatic rings. The fraction of sp³-hybridized carbons (Fsp3) is 0.364. The molecule has 0 saturated carbocycles. The summed E-state index contributed by atoms with van der Waals surface area (Å²) >= 11 is 3.51. The molecule has 3 rings (SSSR count). The summed E-state index contributed by atoms with van der Waals surface area (Å²) in [7, 11) is 1.25. The summed E-state index contributed by atoms with van der Waals surface area (Å²) in [6, 6.07) is 10.7. The Hall–Kier alpha value is -2.38. The van der Waals surface area contributed by atoms with E-state index in [1.54, 1.807) is 12.1 Å². The van der Waals surface area contributed by atoms with Gasteiger partial charge in [0.2, 0.25) is 5.91 Å². The highest BCUT2D eigenvalue weighted by molar-refractivity contribution is 9.10. The first-order chi connectivity index (χ1) is 13.8. The molecular weight excluding hydrogens is 436 g/mol. The standard InChI is InChI=1S/C22H25BrN2O4/c1-13-8-15-6-4-5-7-20(15)25(12-13)21(26)19(24)11-17-14(2)9-16(10-18(17)23)29-22(27)28-3/h4-7,9-10,13,19H,8,11-12,24H2,1-3H3. The number of carbonyl (C=O) groups is 2. The Balaban J connectivity index is 1.79. The van der Waals surface area contributed by atoms with E-state index < -0.39 is 12.2 Å². The van der Waals surface area contributed by atoms with Crippen LogP contribution in [0.25, 0.3) is 0 Å². The normalized spacial score (nSPS) is 16.7. The van der Waals surface area contributed by atoms with Gasteiger partial charge in [0.15, 0.2) is 0 Å². The molecule has 1 amide bonds. The van der Waals surface area contributed by atoms with Crippen LogP contribution in [-0.2, 0) is 22.4 Å². The van der Waals surface area contributed by atoms with Gasteiger partial charge in [-0.25, -0.2) is 4.79 Å². The van der Waals surface area contributed by atoms with Crippen LogP contribution in [0, 0.1) is 12.8 Å². The van der Waals surface area contributed by atoms with Crippen molar-refractivity contribution in [1.29, 1.82) is 0 Å². The first-order valence-electron chi connectivity index (χ1n) is 9.49. The van der Waals surface area contributed by atoms with Crippen LogP contribution < -0.4 is 15.4 Å². The summed E-state index contributed by atoms with van der Waals surface area (Å²) in [6.45, 7) is 4.69. The van der Waals surface area contributed by atoms with Crippen LogP contribution in [0.2, 0.25) is 0 Å². The minimum Gasteiger partial charge on any atom is -0.437 e. The molecule has 0 fully saturated rings. The predicted molar refractivity (Wildman–Crippen MR) is 115 cm³/mol. The summed E-state index contributed by atoms with van der Waals surface area (Å²) in [5, 5.41) is 0. The molecule has 2 aromatic carbocycles. The van der Waals surface area contributed by atoms with E-state index in [-0.39, 0.29) is 5.91 Å². The van der Waals surface area contributed by atoms with Crippen molar-refractivity contribution in [3.05, 3.63) is 57.6 Å². The Morgan fingerprint density at radius 1 is 1.31 bits per heavy atom. The molecule has 1 aliphatic heterocycles. The van der Waals surface area contributed by atoms with E-state index in [4.69, 9.17) is 10.5 Å². The van der Waals surface area contributed by atoms with Crippen LogP contribution in [0.1, 0.15) is 23.6 Å². The zero-order chi connectivity index (χ0) is 21.1. The number of amides is 1. The van der Waals surface area contributed by atoms with Crippen LogP contribution in [0.4, 0.5) is 10.5 Å². The molecule has 0 aliphatic carbocycles. The molecule has 7 heteroatoms. The Morgan fingerprint density at radius 3 is 2.72 bits per heavy atom. The molecule has 2 N–H and O–H groups in total. The fourth-order valence-electron chi connectivity index (χ4n) is 3.71. The van der Waals surface area contributed by atoms with Gasteiger partial charge in [-0.3, -0.25) is 4.79 Å². The van der Waals surface area contributed by atoms with E-state index in [1.807, 2.05) is 30.0 Å². The number of carbonyl (C=O) groups excluding carboxylic acids is 2. The van der Waals surface area contributed by atoms with Crippen molar-refractivity contribution in [2.75, 3.05) is 18.6 Å². The smallest absolute Gasteiger partial charge is 0.437 e. The molecule has 1 aliphatic rings. The predicted octanol–water partition coefficient (Wildman–Crippen LogP) is 4.00. The number of aryl methyl sites for hydroxylation is 1. The lowest BCUT2D eigenvalue weighted by Gasteiger charge is -2.34. The lowest BCUT2D eigenvalue weighted by Crippen LogP contribution is -2.48. The van der Waals surface area contributed by atoms with Gasteiger partial charge in [0.05, 0.1) is 13.2 Å². The lowest BCUT2D eigenvalue weighted by molar-refractivity contribution is -0.120. The van der Waals surface area contributed by atoms with Crippen molar-refractivity contribution in [2.24, 2.45) is 11.7 Å². The Kier molecular flexibility index (Phi) is 6.59. The number of methoxy groups -OCH3 is 1. The van der Waals surface area contributed by atoms with Crippen molar-refractivity contribution < 1.29 is 19.1 Å². The number of nitrogens with two attached hydrogens (primary N) is 1. The van der Waals surface area contributed by atoms with Gasteiger partial charge in [-0.1, -0.05) is 41.1 Å². The van der Waals surface area contributed by atoms with Crippen molar-refractivity contribution in [3.8, 4) is 5.75 Å². The van der Waals surface area contributed by atoms with Crippen LogP contribution >= 0.6 is 15.9 Å². The summed E-state index contributed by atoms with van der Waals surface area (Å²) in [5.41, 5.74) is 10.2. The summed E-state index contributed by atoms with van der Waals surface area (Å²) in [4.78, 5) is 26.3. The Morgan fingerprint density at radius 2 is 2.03 bits per heavy atom. The topological polar surface area (TPSA) is 81.9 Å². The molecule has 2 atom stereocenters. The first-order valence-corrected chi connectivity index (χ1v) is 10.3. The molecule has 0 saturated heterocycles. The highest BCUT2D eigenvalue weighted by Gasteiger charge is 2.30. The van der Waals surface area contributed by atoms with Gasteiger partial charge < -0.3 is 20.1 Å². The summed E-state index contributed by atoms with van der Waals surface area (Å²) in [5.74, 6) is 0.651. The third-order valence-corrected chi connectivity index (χ3v) is 5.82. The second-order valence-electron chi connectivity index (χ2n) is 7.45. The molecule has 0 radical (unpaired) electrons. The highest BCUT2D eigenvalue weighted by Crippen LogP contribution is 2.31. The van der Waals surface area contributed by atoms with Gasteiger partial charge in [0.1, 0.15) is 5.75 Å². The monoisotopic (exact) mass is 460 g/mol. The molecular formula is C22H25BrN2O4. The Bertz CT molecular complexity index is 908. The van der Waals surface area contributed by atoms with Gasteiger partial charge in [-0.2, -0.15) is 0 Å².